The molecule has 1 aromatic heterocycles. The lowest BCUT2D eigenvalue weighted by atomic mass is 9.99. The average molecular weight is 352 g/mol. The standard InChI is InChI=1S/C23H16N2O2/c24-14-16-10-12-18(13-11-16)27-23(17-6-2-1-3-7-17)22(26)20-15-25-21-9-5-4-8-19(20)21/h1-13,15,23,25H/t23-/m1/s1. The number of aromatic nitrogens is 1. The number of rotatable bonds is 5. The van der Waals surface area contributed by atoms with Crippen molar-refractivity contribution in [2.24, 2.45) is 0 Å². The molecule has 0 spiro atoms. The zero-order valence-electron chi connectivity index (χ0n) is 14.4. The van der Waals surface area contributed by atoms with Gasteiger partial charge in [-0.1, -0.05) is 48.5 Å². The van der Waals surface area contributed by atoms with Gasteiger partial charge in [0.15, 0.2) is 6.10 Å². The number of fused-ring (bicyclic) bond motifs is 1. The number of nitriles is 1. The Hall–Kier alpha value is -3.84. The number of ketones is 1. The molecule has 27 heavy (non-hydrogen) atoms. The molecular formula is C23H16N2O2. The van der Waals surface area contributed by atoms with Gasteiger partial charge in [0.25, 0.3) is 0 Å². The van der Waals surface area contributed by atoms with Gasteiger partial charge in [-0.2, -0.15) is 5.26 Å². The summed E-state index contributed by atoms with van der Waals surface area (Å²) < 4.78 is 6.06. The van der Waals surface area contributed by atoms with Gasteiger partial charge in [0.2, 0.25) is 5.78 Å². The number of H-pyrrole nitrogens is 1. The summed E-state index contributed by atoms with van der Waals surface area (Å²) in [4.78, 5) is 16.5. The summed E-state index contributed by atoms with van der Waals surface area (Å²) in [6.07, 6.45) is 0.948. The summed E-state index contributed by atoms with van der Waals surface area (Å²) in [6, 6.07) is 25.9. The number of carbonyl (C=O) groups is 1. The maximum absolute atomic E-state index is 13.4. The smallest absolute Gasteiger partial charge is 0.210 e. The molecule has 0 aliphatic carbocycles. The van der Waals surface area contributed by atoms with Gasteiger partial charge in [0.1, 0.15) is 5.75 Å². The fourth-order valence-electron chi connectivity index (χ4n) is 3.06. The minimum atomic E-state index is -0.779. The van der Waals surface area contributed by atoms with E-state index in [0.29, 0.717) is 16.9 Å². The number of para-hydroxylation sites is 1. The Bertz CT molecular complexity index is 1120. The van der Waals surface area contributed by atoms with E-state index in [0.717, 1.165) is 16.5 Å². The highest BCUT2D eigenvalue weighted by Crippen LogP contribution is 2.29. The van der Waals surface area contributed by atoms with E-state index < -0.39 is 6.10 Å². The van der Waals surface area contributed by atoms with Crippen LogP contribution in [0.5, 0.6) is 5.75 Å². The second kappa shape index (κ2) is 7.19. The number of nitrogens with zero attached hydrogens (tertiary/aromatic N) is 1. The number of hydrogen-bond acceptors (Lipinski definition) is 3. The molecule has 0 saturated carbocycles. The van der Waals surface area contributed by atoms with Gasteiger partial charge < -0.3 is 9.72 Å². The zero-order chi connectivity index (χ0) is 18.6. The molecule has 4 aromatic rings. The van der Waals surface area contributed by atoms with Crippen molar-refractivity contribution in [3.8, 4) is 11.8 Å². The summed E-state index contributed by atoms with van der Waals surface area (Å²) in [7, 11) is 0. The van der Waals surface area contributed by atoms with Gasteiger partial charge in [-0.3, -0.25) is 4.79 Å². The topological polar surface area (TPSA) is 65.9 Å². The number of Topliss-reactive ketones (excluding diaryl/α,β-unsaturated/α-hetero) is 1. The molecule has 4 heteroatoms. The molecule has 130 valence electrons. The first-order chi connectivity index (χ1) is 13.3. The summed E-state index contributed by atoms with van der Waals surface area (Å²) in [5.41, 5.74) is 2.82. The van der Waals surface area contributed by atoms with E-state index in [2.05, 4.69) is 11.1 Å². The van der Waals surface area contributed by atoms with E-state index in [-0.39, 0.29) is 5.78 Å². The SMILES string of the molecule is N#Cc1ccc(O[C@@H](C(=O)c2c[nH]c3ccccc23)c2ccccc2)cc1. The van der Waals surface area contributed by atoms with Gasteiger partial charge >= 0.3 is 0 Å². The van der Waals surface area contributed by atoms with Gasteiger partial charge in [0, 0.05) is 28.2 Å². The van der Waals surface area contributed by atoms with Crippen LogP contribution in [0.15, 0.2) is 85.1 Å². The van der Waals surface area contributed by atoms with Crippen LogP contribution in [0.3, 0.4) is 0 Å². The molecule has 0 fully saturated rings. The first kappa shape index (κ1) is 16.6. The lowest BCUT2D eigenvalue weighted by Gasteiger charge is -2.18. The third-order valence-electron chi connectivity index (χ3n) is 4.43. The van der Waals surface area contributed by atoms with Gasteiger partial charge in [-0.25, -0.2) is 0 Å². The Kier molecular flexibility index (Phi) is 4.42. The van der Waals surface area contributed by atoms with E-state index in [1.54, 1.807) is 30.5 Å². The molecular weight excluding hydrogens is 336 g/mol. The van der Waals surface area contributed by atoms with Crippen molar-refractivity contribution in [1.82, 2.24) is 4.98 Å². The van der Waals surface area contributed by atoms with Crippen molar-refractivity contribution in [1.29, 1.82) is 5.26 Å². The molecule has 0 bridgehead atoms. The molecule has 0 unspecified atom stereocenters. The third kappa shape index (κ3) is 3.31. The maximum atomic E-state index is 13.4. The highest BCUT2D eigenvalue weighted by Gasteiger charge is 2.26. The molecule has 0 amide bonds. The summed E-state index contributed by atoms with van der Waals surface area (Å²) in [5, 5.41) is 9.82. The van der Waals surface area contributed by atoms with Gasteiger partial charge in [-0.15, -0.1) is 0 Å². The fraction of sp³-hybridized carbons (Fsp3) is 0.0435. The maximum Gasteiger partial charge on any atom is 0.210 e. The minimum absolute atomic E-state index is 0.122. The largest absolute Gasteiger partial charge is 0.478 e. The quantitative estimate of drug-likeness (QED) is 0.512. The summed E-state index contributed by atoms with van der Waals surface area (Å²) in [5.74, 6) is 0.416. The predicted molar refractivity (Wildman–Crippen MR) is 104 cm³/mol. The van der Waals surface area contributed by atoms with Crippen molar-refractivity contribution in [2.45, 2.75) is 6.10 Å². The Labute approximate surface area is 156 Å². The van der Waals surface area contributed by atoms with Crippen LogP contribution in [0, 0.1) is 11.3 Å². The van der Waals surface area contributed by atoms with Crippen molar-refractivity contribution in [2.75, 3.05) is 0 Å². The molecule has 0 radical (unpaired) electrons. The average Bonchev–Trinajstić information content (AvgIpc) is 3.17. The number of ether oxygens (including phenoxy) is 1. The normalized spacial score (nSPS) is 11.7. The molecule has 4 nitrogen and oxygen atoms in total. The first-order valence-corrected chi connectivity index (χ1v) is 8.58. The molecule has 0 aliphatic heterocycles. The van der Waals surface area contributed by atoms with Crippen LogP contribution in [0.2, 0.25) is 0 Å². The lowest BCUT2D eigenvalue weighted by molar-refractivity contribution is 0.0794. The van der Waals surface area contributed by atoms with Crippen molar-refractivity contribution in [3.05, 3.63) is 102 Å². The van der Waals surface area contributed by atoms with E-state index >= 15 is 0 Å². The number of nitrogens with one attached hydrogen (secondary N) is 1. The molecule has 0 aliphatic rings. The Morgan fingerprint density at radius 3 is 2.37 bits per heavy atom. The van der Waals surface area contributed by atoms with E-state index in [9.17, 15) is 4.79 Å². The van der Waals surface area contributed by atoms with E-state index in [4.69, 9.17) is 10.00 Å². The number of carbonyl (C=O) groups excluding carboxylic acids is 1. The second-order valence-electron chi connectivity index (χ2n) is 6.16. The summed E-state index contributed by atoms with van der Waals surface area (Å²) >= 11 is 0. The Balaban J connectivity index is 1.73. The van der Waals surface area contributed by atoms with Crippen LogP contribution in [-0.2, 0) is 0 Å². The van der Waals surface area contributed by atoms with Crippen molar-refractivity contribution in [3.63, 3.8) is 0 Å². The molecule has 4 rings (SSSR count). The van der Waals surface area contributed by atoms with E-state index in [1.165, 1.54) is 0 Å². The number of hydrogen-bond donors (Lipinski definition) is 1. The van der Waals surface area contributed by atoms with Crippen LogP contribution in [0.4, 0.5) is 0 Å². The highest BCUT2D eigenvalue weighted by molar-refractivity contribution is 6.10. The molecule has 1 atom stereocenters. The number of aromatic amines is 1. The van der Waals surface area contributed by atoms with Crippen LogP contribution >= 0.6 is 0 Å². The van der Waals surface area contributed by atoms with Crippen molar-refractivity contribution >= 4 is 16.7 Å². The fourth-order valence-corrected chi connectivity index (χ4v) is 3.06. The Morgan fingerprint density at radius 2 is 1.63 bits per heavy atom. The molecule has 1 N–H and O–H groups in total. The Morgan fingerprint density at radius 1 is 0.926 bits per heavy atom. The zero-order valence-corrected chi connectivity index (χ0v) is 14.4. The van der Waals surface area contributed by atoms with Crippen LogP contribution in [0.1, 0.15) is 27.6 Å². The monoisotopic (exact) mass is 352 g/mol. The second-order valence-corrected chi connectivity index (χ2v) is 6.16. The van der Waals surface area contributed by atoms with Gasteiger partial charge in [0.05, 0.1) is 11.6 Å². The van der Waals surface area contributed by atoms with Crippen LogP contribution in [0.25, 0.3) is 10.9 Å². The number of benzene rings is 3. The minimum Gasteiger partial charge on any atom is -0.478 e. The van der Waals surface area contributed by atoms with Gasteiger partial charge in [-0.05, 0) is 30.3 Å². The first-order valence-electron chi connectivity index (χ1n) is 8.58. The summed E-state index contributed by atoms with van der Waals surface area (Å²) in [6.45, 7) is 0. The van der Waals surface area contributed by atoms with Crippen LogP contribution < -0.4 is 4.74 Å². The predicted octanol–water partition coefficient (Wildman–Crippen LogP) is 5.04. The van der Waals surface area contributed by atoms with Crippen LogP contribution in [-0.4, -0.2) is 10.8 Å². The molecule has 1 heterocycles. The highest BCUT2D eigenvalue weighted by atomic mass is 16.5. The van der Waals surface area contributed by atoms with Crippen molar-refractivity contribution < 1.29 is 9.53 Å². The lowest BCUT2D eigenvalue weighted by Crippen LogP contribution is -2.19. The van der Waals surface area contributed by atoms with E-state index in [1.807, 2.05) is 54.6 Å². The molecule has 3 aromatic carbocycles. The third-order valence-corrected chi connectivity index (χ3v) is 4.43. The molecule has 0 saturated heterocycles.